The molecule has 3 heterocycles. The fraction of sp³-hybridized carbons (Fsp3) is 0.333. The van der Waals surface area contributed by atoms with Gasteiger partial charge in [0.15, 0.2) is 0 Å². The number of benzene rings is 2. The maximum atomic E-state index is 13.3. The number of ether oxygens (including phenoxy) is 1. The standard InChI is InChI=1S/C27H29F3N8O2/c1-17-5-6-19(11-25(17)38-16-24(33-34-38)23-15-31-36(4)18(23)2)26(39)32-20-12-21(37-9-7-35(3)8-10-37)14-22(13-20)40-27(28,29)30/h5-6,11-16H,7-10H2,1-4H3,(H,32,39). The van der Waals surface area contributed by atoms with E-state index in [-0.39, 0.29) is 5.69 Å². The van der Waals surface area contributed by atoms with Gasteiger partial charge >= 0.3 is 6.36 Å². The van der Waals surface area contributed by atoms with Gasteiger partial charge in [0.25, 0.3) is 5.91 Å². The number of alkyl halides is 3. The molecule has 0 radical (unpaired) electrons. The summed E-state index contributed by atoms with van der Waals surface area (Å²) >= 11 is 0. The van der Waals surface area contributed by atoms with Crippen molar-refractivity contribution >= 4 is 17.3 Å². The fourth-order valence-electron chi connectivity index (χ4n) is 4.55. The van der Waals surface area contributed by atoms with Gasteiger partial charge in [0.05, 0.1) is 18.1 Å². The molecule has 1 amide bonds. The Labute approximate surface area is 228 Å². The summed E-state index contributed by atoms with van der Waals surface area (Å²) in [6.07, 6.45) is -1.39. The molecule has 1 fully saturated rings. The topological polar surface area (TPSA) is 93.3 Å². The summed E-state index contributed by atoms with van der Waals surface area (Å²) in [5, 5.41) is 15.5. The van der Waals surface area contributed by atoms with E-state index in [0.29, 0.717) is 35.7 Å². The molecule has 0 saturated carbocycles. The molecular formula is C27H29F3N8O2. The predicted octanol–water partition coefficient (Wildman–Crippen LogP) is 4.19. The Morgan fingerprint density at radius 2 is 1.77 bits per heavy atom. The Morgan fingerprint density at radius 3 is 2.45 bits per heavy atom. The quantitative estimate of drug-likeness (QED) is 0.382. The molecule has 4 aromatic rings. The Hall–Kier alpha value is -4.39. The van der Waals surface area contributed by atoms with Crippen molar-refractivity contribution in [1.82, 2.24) is 29.7 Å². The maximum absolute atomic E-state index is 13.3. The second-order valence-electron chi connectivity index (χ2n) is 9.82. The summed E-state index contributed by atoms with van der Waals surface area (Å²) in [6.45, 7) is 6.62. The van der Waals surface area contributed by atoms with Gasteiger partial charge in [-0.3, -0.25) is 9.48 Å². The lowest BCUT2D eigenvalue weighted by Crippen LogP contribution is -2.44. The van der Waals surface area contributed by atoms with Gasteiger partial charge in [-0.05, 0) is 44.7 Å². The minimum Gasteiger partial charge on any atom is -0.406 e. The van der Waals surface area contributed by atoms with E-state index in [0.717, 1.165) is 29.9 Å². The smallest absolute Gasteiger partial charge is 0.406 e. The number of carbonyl (C=O) groups is 1. The van der Waals surface area contributed by atoms with Crippen molar-refractivity contribution in [2.24, 2.45) is 7.05 Å². The zero-order chi connectivity index (χ0) is 28.6. The van der Waals surface area contributed by atoms with Crippen molar-refractivity contribution in [2.75, 3.05) is 43.4 Å². The number of hydrogen-bond acceptors (Lipinski definition) is 7. The highest BCUT2D eigenvalue weighted by atomic mass is 19.4. The van der Waals surface area contributed by atoms with E-state index in [9.17, 15) is 18.0 Å². The molecule has 0 aliphatic carbocycles. The van der Waals surface area contributed by atoms with E-state index in [1.165, 1.54) is 12.1 Å². The molecule has 1 N–H and O–H groups in total. The number of piperazine rings is 1. The third kappa shape index (κ3) is 5.93. The number of halogens is 3. The highest BCUT2D eigenvalue weighted by Crippen LogP contribution is 2.32. The first-order valence-corrected chi connectivity index (χ1v) is 12.6. The zero-order valence-corrected chi connectivity index (χ0v) is 22.5. The molecule has 0 bridgehead atoms. The van der Waals surface area contributed by atoms with Crippen LogP contribution in [0.4, 0.5) is 24.5 Å². The summed E-state index contributed by atoms with van der Waals surface area (Å²) in [7, 11) is 3.83. The molecule has 1 aliphatic heterocycles. The van der Waals surface area contributed by atoms with E-state index >= 15 is 0 Å². The van der Waals surface area contributed by atoms with Crippen LogP contribution < -0.4 is 15.0 Å². The third-order valence-corrected chi connectivity index (χ3v) is 6.97. The summed E-state index contributed by atoms with van der Waals surface area (Å²) in [6, 6.07) is 9.25. The Bertz CT molecular complexity index is 1540. The number of rotatable bonds is 6. The first kappa shape index (κ1) is 27.2. The number of aryl methyl sites for hydroxylation is 2. The molecule has 0 unspecified atom stereocenters. The lowest BCUT2D eigenvalue weighted by atomic mass is 10.1. The highest BCUT2D eigenvalue weighted by Gasteiger charge is 2.32. The van der Waals surface area contributed by atoms with Gasteiger partial charge in [0.2, 0.25) is 0 Å². The van der Waals surface area contributed by atoms with Crippen molar-refractivity contribution in [2.45, 2.75) is 20.2 Å². The zero-order valence-electron chi connectivity index (χ0n) is 22.5. The summed E-state index contributed by atoms with van der Waals surface area (Å²) in [5.41, 5.74) is 4.95. The molecule has 1 saturated heterocycles. The Balaban J connectivity index is 1.41. The number of aromatic nitrogens is 5. The number of anilines is 2. The molecule has 40 heavy (non-hydrogen) atoms. The monoisotopic (exact) mass is 554 g/mol. The minimum atomic E-state index is -4.86. The van der Waals surface area contributed by atoms with Crippen molar-refractivity contribution in [3.8, 4) is 22.7 Å². The molecule has 13 heteroatoms. The van der Waals surface area contributed by atoms with Crippen LogP contribution in [-0.2, 0) is 7.05 Å². The van der Waals surface area contributed by atoms with Gasteiger partial charge in [-0.2, -0.15) is 5.10 Å². The summed E-state index contributed by atoms with van der Waals surface area (Å²) in [4.78, 5) is 17.4. The summed E-state index contributed by atoms with van der Waals surface area (Å²) in [5.74, 6) is -0.886. The van der Waals surface area contributed by atoms with E-state index in [4.69, 9.17) is 0 Å². The van der Waals surface area contributed by atoms with Crippen LogP contribution in [-0.4, -0.2) is 75.2 Å². The van der Waals surface area contributed by atoms with E-state index in [1.54, 1.807) is 46.0 Å². The Kier molecular flexibility index (Phi) is 7.23. The van der Waals surface area contributed by atoms with E-state index in [2.05, 4.69) is 30.4 Å². The number of nitrogens with one attached hydrogen (secondary N) is 1. The van der Waals surface area contributed by atoms with Crippen molar-refractivity contribution < 1.29 is 22.7 Å². The lowest BCUT2D eigenvalue weighted by Gasteiger charge is -2.34. The highest BCUT2D eigenvalue weighted by molar-refractivity contribution is 6.05. The molecule has 1 aliphatic rings. The number of amides is 1. The largest absolute Gasteiger partial charge is 0.573 e. The van der Waals surface area contributed by atoms with E-state index in [1.807, 2.05) is 32.8 Å². The van der Waals surface area contributed by atoms with Gasteiger partial charge in [-0.15, -0.1) is 18.3 Å². The van der Waals surface area contributed by atoms with Crippen LogP contribution in [0, 0.1) is 13.8 Å². The number of nitrogens with zero attached hydrogens (tertiary/aromatic N) is 7. The molecule has 2 aromatic carbocycles. The minimum absolute atomic E-state index is 0.192. The fourth-order valence-corrected chi connectivity index (χ4v) is 4.55. The second kappa shape index (κ2) is 10.6. The number of likely N-dealkylation sites (N-methyl/N-ethyl adjacent to an activating group) is 1. The van der Waals surface area contributed by atoms with Gasteiger partial charge in [-0.25, -0.2) is 4.68 Å². The van der Waals surface area contributed by atoms with Gasteiger partial charge in [-0.1, -0.05) is 11.3 Å². The first-order chi connectivity index (χ1) is 19.0. The van der Waals surface area contributed by atoms with Crippen LogP contribution in [0.5, 0.6) is 5.75 Å². The number of hydrogen-bond donors (Lipinski definition) is 1. The van der Waals surface area contributed by atoms with Crippen LogP contribution in [0.15, 0.2) is 48.8 Å². The third-order valence-electron chi connectivity index (χ3n) is 6.97. The molecule has 0 atom stereocenters. The second-order valence-corrected chi connectivity index (χ2v) is 9.82. The predicted molar refractivity (Wildman–Crippen MR) is 144 cm³/mol. The van der Waals surface area contributed by atoms with E-state index < -0.39 is 18.0 Å². The average Bonchev–Trinajstić information content (AvgIpc) is 3.50. The van der Waals surface area contributed by atoms with Crippen LogP contribution in [0.2, 0.25) is 0 Å². The molecular weight excluding hydrogens is 525 g/mol. The maximum Gasteiger partial charge on any atom is 0.573 e. The van der Waals surface area contributed by atoms with Crippen LogP contribution in [0.3, 0.4) is 0 Å². The van der Waals surface area contributed by atoms with Crippen LogP contribution in [0.25, 0.3) is 16.9 Å². The van der Waals surface area contributed by atoms with Gasteiger partial charge < -0.3 is 19.9 Å². The molecule has 210 valence electrons. The van der Waals surface area contributed by atoms with Crippen molar-refractivity contribution in [1.29, 1.82) is 0 Å². The molecule has 0 spiro atoms. The molecule has 2 aromatic heterocycles. The normalized spacial score (nSPS) is 14.4. The Morgan fingerprint density at radius 1 is 1.02 bits per heavy atom. The summed E-state index contributed by atoms with van der Waals surface area (Å²) < 4.78 is 46.7. The van der Waals surface area contributed by atoms with Crippen molar-refractivity contribution in [3.05, 3.63) is 65.6 Å². The van der Waals surface area contributed by atoms with Gasteiger partial charge in [0, 0.05) is 73.6 Å². The SMILES string of the molecule is Cc1ccc(C(=O)Nc2cc(OC(F)(F)F)cc(N3CCN(C)CC3)c2)cc1-n1cc(-c2cnn(C)c2C)nn1. The molecule has 5 rings (SSSR count). The van der Waals surface area contributed by atoms with Crippen LogP contribution in [0.1, 0.15) is 21.6 Å². The van der Waals surface area contributed by atoms with Crippen LogP contribution >= 0.6 is 0 Å². The first-order valence-electron chi connectivity index (χ1n) is 12.6. The van der Waals surface area contributed by atoms with Crippen molar-refractivity contribution in [3.63, 3.8) is 0 Å². The average molecular weight is 555 g/mol. The number of carbonyl (C=O) groups excluding carboxylic acids is 1. The lowest BCUT2D eigenvalue weighted by molar-refractivity contribution is -0.274. The van der Waals surface area contributed by atoms with Gasteiger partial charge in [0.1, 0.15) is 11.4 Å². The molecule has 10 nitrogen and oxygen atoms in total.